The van der Waals surface area contributed by atoms with Crippen LogP contribution in [0.25, 0.3) is 0 Å². The highest BCUT2D eigenvalue weighted by molar-refractivity contribution is 8.15. The van der Waals surface area contributed by atoms with Crippen molar-refractivity contribution in [1.29, 1.82) is 1.34 Å². The maximum Gasteiger partial charge on any atom is 0.209 e. The van der Waals surface area contributed by atoms with Gasteiger partial charge in [-0.05, 0) is 81.8 Å². The van der Waals surface area contributed by atoms with Gasteiger partial charge in [0.05, 0.1) is 25.4 Å². The highest BCUT2D eigenvalue weighted by atomic mass is 32.2. The Labute approximate surface area is 225 Å². The molecule has 4 fully saturated rings. The summed E-state index contributed by atoms with van der Waals surface area (Å²) in [5.74, 6) is 0.690. The molecule has 5 aliphatic rings. The van der Waals surface area contributed by atoms with Gasteiger partial charge in [-0.15, -0.1) is 0 Å². The summed E-state index contributed by atoms with van der Waals surface area (Å²) >= 11 is 1.14. The van der Waals surface area contributed by atoms with E-state index in [1.807, 2.05) is 0 Å². The first-order valence-electron chi connectivity index (χ1n) is 15.0. The number of aliphatic hydroxyl groups is 2. The fourth-order valence-corrected chi connectivity index (χ4v) is 9.85. The third-order valence-electron chi connectivity index (χ3n) is 11.7. The molecule has 1 saturated heterocycles. The minimum atomic E-state index is -1.25. The number of rotatable bonds is 8. The Morgan fingerprint density at radius 1 is 1.19 bits per heavy atom. The summed E-state index contributed by atoms with van der Waals surface area (Å²) in [6, 6.07) is 0. The van der Waals surface area contributed by atoms with Gasteiger partial charge >= 0.3 is 0 Å². The number of hydrogen-bond donors (Lipinski definition) is 2. The number of allylic oxidation sites excluding steroid dienone is 1. The van der Waals surface area contributed by atoms with Gasteiger partial charge < -0.3 is 23.9 Å². The maximum absolute atomic E-state index is 12.6. The molecular weight excluding hydrogens is 471 g/mol. The van der Waals surface area contributed by atoms with E-state index in [1.54, 1.807) is 0 Å². The molecule has 3 saturated carbocycles. The first-order valence-corrected chi connectivity index (χ1v) is 15.2. The van der Waals surface area contributed by atoms with Crippen LogP contribution < -0.4 is 0 Å². The van der Waals surface area contributed by atoms with E-state index in [0.717, 1.165) is 63.3 Å². The lowest BCUT2D eigenvalue weighted by atomic mass is 9.46. The van der Waals surface area contributed by atoms with Crippen LogP contribution in [0.1, 0.15) is 92.4 Å². The topological polar surface area (TPSA) is 68.2 Å². The summed E-state index contributed by atoms with van der Waals surface area (Å²) in [5.41, 5.74) is 0.0641. The van der Waals surface area contributed by atoms with Gasteiger partial charge in [0.25, 0.3) is 0 Å². The Bertz CT molecular complexity index is 867. The molecule has 0 aromatic rings. The zero-order chi connectivity index (χ0) is 26.6. The summed E-state index contributed by atoms with van der Waals surface area (Å²) in [5, 5.41) is 24.3. The summed E-state index contributed by atoms with van der Waals surface area (Å²) in [6.45, 7) is 12.3. The van der Waals surface area contributed by atoms with Gasteiger partial charge in [-0.25, -0.2) is 0 Å². The van der Waals surface area contributed by atoms with Crippen LogP contribution in [-0.2, 0) is 13.7 Å². The smallest absolute Gasteiger partial charge is 0.209 e. The Morgan fingerprint density at radius 3 is 2.64 bits per heavy atom. The molecular formula is C29H48BO5S. The van der Waals surface area contributed by atoms with E-state index in [-0.39, 0.29) is 28.8 Å². The lowest BCUT2D eigenvalue weighted by molar-refractivity contribution is -0.279. The van der Waals surface area contributed by atoms with Crippen molar-refractivity contribution in [2.75, 3.05) is 13.2 Å². The predicted octanol–water partition coefficient (Wildman–Crippen LogP) is 5.32. The quantitative estimate of drug-likeness (QED) is 0.256. The van der Waals surface area contributed by atoms with E-state index < -0.39 is 17.5 Å². The summed E-state index contributed by atoms with van der Waals surface area (Å²) in [7, 11) is 1.27. The van der Waals surface area contributed by atoms with E-state index in [4.69, 9.17) is 15.0 Å². The van der Waals surface area contributed by atoms with Crippen molar-refractivity contribution in [2.45, 2.75) is 116 Å². The van der Waals surface area contributed by atoms with Crippen molar-refractivity contribution in [1.82, 2.24) is 0 Å². The molecule has 7 heteroatoms. The molecule has 5 rings (SSSR count). The Balaban J connectivity index is 1.41. The third kappa shape index (κ3) is 4.01. The molecule has 36 heavy (non-hydrogen) atoms. The molecule has 1 aliphatic heterocycles. The average molecular weight is 522 g/mol. The van der Waals surface area contributed by atoms with Crippen molar-refractivity contribution >= 4 is 19.0 Å². The molecule has 9 atom stereocenters. The fourth-order valence-electron chi connectivity index (χ4n) is 9.53. The SMILES string of the molecule is [3H][B]SO[C@H]1CC[C@@]2(C)C(=CC[C@@H]3[C@@H]2CC[C@@]2(C)[C@H]3C[C@H](O)[C@]2(O)[C@H](C)C2(CCC(C)C)OCCO2)C1. The van der Waals surface area contributed by atoms with Crippen LogP contribution in [0, 0.1) is 40.4 Å². The van der Waals surface area contributed by atoms with Crippen molar-refractivity contribution in [3.63, 3.8) is 0 Å². The van der Waals surface area contributed by atoms with Gasteiger partial charge in [0.15, 0.2) is 5.79 Å². The Hall–Kier alpha value is -0.0451. The van der Waals surface area contributed by atoms with Crippen LogP contribution in [0.5, 0.6) is 0 Å². The van der Waals surface area contributed by atoms with Gasteiger partial charge in [0, 0.05) is 17.8 Å². The highest BCUT2D eigenvalue weighted by Crippen LogP contribution is 2.69. The second-order valence-corrected chi connectivity index (χ2v) is 13.9. The minimum absolute atomic E-state index is 0.160. The summed E-state index contributed by atoms with van der Waals surface area (Å²) < 4.78 is 25.7. The molecule has 0 aromatic heterocycles. The number of fused-ring (bicyclic) bond motifs is 5. The van der Waals surface area contributed by atoms with Crippen LogP contribution in [0.2, 0.25) is 0 Å². The first-order chi connectivity index (χ1) is 17.5. The van der Waals surface area contributed by atoms with E-state index in [9.17, 15) is 10.2 Å². The lowest BCUT2D eigenvalue weighted by Gasteiger charge is -2.60. The zero-order valence-electron chi connectivity index (χ0n) is 24.0. The Kier molecular flexibility index (Phi) is 7.17. The number of hydrogen-bond acceptors (Lipinski definition) is 6. The van der Waals surface area contributed by atoms with E-state index in [0.29, 0.717) is 37.4 Å². The van der Waals surface area contributed by atoms with Crippen LogP contribution >= 0.6 is 11.9 Å². The molecule has 0 aromatic carbocycles. The molecule has 0 spiro atoms. The van der Waals surface area contributed by atoms with Crippen molar-refractivity contribution < 1.29 is 23.9 Å². The molecule has 2 N–H and O–H groups in total. The van der Waals surface area contributed by atoms with Gasteiger partial charge in [0.2, 0.25) is 7.09 Å². The normalized spacial score (nSPS) is 46.9. The van der Waals surface area contributed by atoms with Gasteiger partial charge in [-0.2, -0.15) is 0 Å². The zero-order valence-corrected chi connectivity index (χ0v) is 23.8. The number of aliphatic hydroxyl groups excluding tert-OH is 1. The monoisotopic (exact) mass is 521 g/mol. The molecule has 5 nitrogen and oxygen atoms in total. The second-order valence-electron chi connectivity index (χ2n) is 13.5. The summed E-state index contributed by atoms with van der Waals surface area (Å²) in [6.07, 6.45) is 10.3. The van der Waals surface area contributed by atoms with Crippen LogP contribution in [-0.4, -0.2) is 55.4 Å². The van der Waals surface area contributed by atoms with E-state index >= 15 is 0 Å². The number of ether oxygens (including phenoxy) is 2. The molecule has 1 radical (unpaired) electrons. The molecule has 0 amide bonds. The van der Waals surface area contributed by atoms with E-state index in [1.165, 1.54) is 12.7 Å². The molecule has 0 bridgehead atoms. The average Bonchev–Trinajstić information content (AvgIpc) is 3.43. The van der Waals surface area contributed by atoms with Crippen molar-refractivity contribution in [2.24, 2.45) is 40.4 Å². The molecule has 0 unspecified atom stereocenters. The highest BCUT2D eigenvalue weighted by Gasteiger charge is 2.71. The fraction of sp³-hybridized carbons (Fsp3) is 0.931. The van der Waals surface area contributed by atoms with Gasteiger partial charge in [0.1, 0.15) is 5.60 Å². The Morgan fingerprint density at radius 2 is 1.94 bits per heavy atom. The third-order valence-corrected chi connectivity index (χ3v) is 12.1. The van der Waals surface area contributed by atoms with Crippen LogP contribution in [0.4, 0.5) is 0 Å². The summed E-state index contributed by atoms with van der Waals surface area (Å²) in [4.78, 5) is 0. The lowest BCUT2D eigenvalue weighted by Crippen LogP contribution is -2.64. The van der Waals surface area contributed by atoms with Gasteiger partial charge in [-0.1, -0.05) is 58.2 Å². The van der Waals surface area contributed by atoms with E-state index in [2.05, 4.69) is 40.7 Å². The van der Waals surface area contributed by atoms with Crippen LogP contribution in [0.15, 0.2) is 11.6 Å². The van der Waals surface area contributed by atoms with Gasteiger partial charge in [-0.3, -0.25) is 0 Å². The second kappa shape index (κ2) is 9.85. The maximum atomic E-state index is 12.6. The first kappa shape index (κ1) is 26.2. The minimum Gasteiger partial charge on any atom is -0.390 e. The molecule has 203 valence electrons. The molecule has 4 aliphatic carbocycles. The van der Waals surface area contributed by atoms with Crippen molar-refractivity contribution in [3.8, 4) is 0 Å². The standard InChI is InChI=1S/C29H48BO5S/c1-18(2)8-13-28(33-14-15-34-28)19(3)29(32)25(31)17-24-22-7-6-20-16-21(35-36-30)9-11-26(20,4)23(22)10-12-27(24,29)5/h6,18-19,21-25,30-32H,7-17H2,1-5H3/t19-,21+,22-,23+,24+,25+,26+,27+,29-/m1/s1/i30T. The largest absolute Gasteiger partial charge is 0.390 e. The molecule has 1 heterocycles. The van der Waals surface area contributed by atoms with Crippen molar-refractivity contribution in [3.05, 3.63) is 11.6 Å². The predicted molar refractivity (Wildman–Crippen MR) is 146 cm³/mol. The van der Waals surface area contributed by atoms with Crippen LogP contribution in [0.3, 0.4) is 0 Å².